The lowest BCUT2D eigenvalue weighted by atomic mass is 10.2. The van der Waals surface area contributed by atoms with Crippen LogP contribution in [0.1, 0.15) is 20.7 Å². The number of nitrogens with zero attached hydrogens (tertiary/aromatic N) is 1. The molecule has 1 aliphatic heterocycles. The lowest BCUT2D eigenvalue weighted by Crippen LogP contribution is -2.41. The summed E-state index contributed by atoms with van der Waals surface area (Å²) < 4.78 is 24.3. The number of aromatic nitrogens is 1. The molecule has 3 aromatic rings. The summed E-state index contributed by atoms with van der Waals surface area (Å²) in [5, 5.41) is 2.89. The molecule has 2 heterocycles. The van der Waals surface area contributed by atoms with Gasteiger partial charge in [0.2, 0.25) is 0 Å². The van der Waals surface area contributed by atoms with Gasteiger partial charge in [-0.25, -0.2) is 9.37 Å². The second-order valence-electron chi connectivity index (χ2n) is 6.30. The number of pyridine rings is 1. The highest BCUT2D eigenvalue weighted by molar-refractivity contribution is 6.02. The molecule has 30 heavy (non-hydrogen) atoms. The summed E-state index contributed by atoms with van der Waals surface area (Å²) in [4.78, 5) is 29.1. The lowest BCUT2D eigenvalue weighted by Gasteiger charge is -2.18. The molecule has 2 amide bonds. The first-order valence-electron chi connectivity index (χ1n) is 9.08. The minimum atomic E-state index is -0.590. The maximum Gasteiger partial charge on any atom is 0.273 e. The van der Waals surface area contributed by atoms with Gasteiger partial charge in [-0.3, -0.25) is 20.4 Å². The molecule has 1 aliphatic rings. The summed E-state index contributed by atoms with van der Waals surface area (Å²) in [5.41, 5.74) is 5.60. The Kier molecular flexibility index (Phi) is 5.42. The number of hydrogen-bond donors (Lipinski definition) is 3. The van der Waals surface area contributed by atoms with Crippen LogP contribution in [-0.2, 0) is 0 Å². The summed E-state index contributed by atoms with van der Waals surface area (Å²) >= 11 is 0. The van der Waals surface area contributed by atoms with Crippen molar-refractivity contribution < 1.29 is 23.5 Å². The highest BCUT2D eigenvalue weighted by Crippen LogP contribution is 2.30. The third-order valence-corrected chi connectivity index (χ3v) is 4.23. The van der Waals surface area contributed by atoms with Gasteiger partial charge in [0.05, 0.1) is 5.56 Å². The van der Waals surface area contributed by atoms with E-state index in [1.807, 2.05) is 0 Å². The van der Waals surface area contributed by atoms with Crippen molar-refractivity contribution in [1.82, 2.24) is 15.8 Å². The Bertz CT molecular complexity index is 1110. The number of hydrazine groups is 1. The number of carbonyl (C=O) groups is 2. The fourth-order valence-electron chi connectivity index (χ4n) is 2.83. The van der Waals surface area contributed by atoms with E-state index in [0.717, 1.165) is 0 Å². The number of hydrogen-bond acceptors (Lipinski definition) is 6. The van der Waals surface area contributed by atoms with Crippen LogP contribution in [0.15, 0.2) is 60.8 Å². The molecular weight excluding hydrogens is 391 g/mol. The zero-order chi connectivity index (χ0) is 20.9. The van der Waals surface area contributed by atoms with Gasteiger partial charge in [0.25, 0.3) is 11.8 Å². The van der Waals surface area contributed by atoms with Crippen molar-refractivity contribution in [2.75, 3.05) is 18.5 Å². The first-order chi connectivity index (χ1) is 14.6. The molecule has 152 valence electrons. The fraction of sp³-hybridized carbons (Fsp3) is 0.0952. The average molecular weight is 408 g/mol. The highest BCUT2D eigenvalue weighted by Gasteiger charge is 2.17. The molecule has 0 saturated heterocycles. The normalized spacial score (nSPS) is 12.0. The Hall–Kier alpha value is -4.14. The monoisotopic (exact) mass is 408 g/mol. The van der Waals surface area contributed by atoms with Crippen molar-refractivity contribution in [2.45, 2.75) is 0 Å². The molecule has 0 radical (unpaired) electrons. The van der Waals surface area contributed by atoms with Gasteiger partial charge in [-0.05, 0) is 48.5 Å². The molecule has 0 atom stereocenters. The standard InChI is InChI=1S/C21H17FN4O4/c22-14-3-1-4-15(12-14)24-19-16(5-2-8-23-19)21(28)26-25-20(27)13-6-7-17-18(11-13)30-10-9-29-17/h1-8,11-12H,9-10H2,(H,23,24)(H,25,27)(H,26,28). The van der Waals surface area contributed by atoms with Gasteiger partial charge >= 0.3 is 0 Å². The van der Waals surface area contributed by atoms with Crippen LogP contribution in [0.5, 0.6) is 11.5 Å². The van der Waals surface area contributed by atoms with Crippen LogP contribution >= 0.6 is 0 Å². The molecule has 1 aromatic heterocycles. The van der Waals surface area contributed by atoms with Crippen molar-refractivity contribution in [3.63, 3.8) is 0 Å². The first kappa shape index (κ1) is 19.2. The van der Waals surface area contributed by atoms with Gasteiger partial charge in [0.1, 0.15) is 24.8 Å². The number of benzene rings is 2. The molecule has 0 fully saturated rings. The number of ether oxygens (including phenoxy) is 2. The van der Waals surface area contributed by atoms with E-state index >= 15 is 0 Å². The number of rotatable bonds is 4. The van der Waals surface area contributed by atoms with Crippen LogP contribution in [0.2, 0.25) is 0 Å². The predicted molar refractivity (Wildman–Crippen MR) is 106 cm³/mol. The number of amides is 2. The Morgan fingerprint density at radius 2 is 1.70 bits per heavy atom. The Balaban J connectivity index is 1.43. The largest absolute Gasteiger partial charge is 0.486 e. The van der Waals surface area contributed by atoms with Crippen LogP contribution in [0.25, 0.3) is 0 Å². The summed E-state index contributed by atoms with van der Waals surface area (Å²) in [7, 11) is 0. The van der Waals surface area contributed by atoms with Crippen LogP contribution in [0.3, 0.4) is 0 Å². The summed E-state index contributed by atoms with van der Waals surface area (Å²) in [6, 6.07) is 13.6. The molecule has 3 N–H and O–H groups in total. The number of nitrogens with one attached hydrogen (secondary N) is 3. The average Bonchev–Trinajstić information content (AvgIpc) is 2.77. The smallest absolute Gasteiger partial charge is 0.273 e. The zero-order valence-corrected chi connectivity index (χ0v) is 15.6. The maximum absolute atomic E-state index is 13.4. The van der Waals surface area contributed by atoms with Gasteiger partial charge < -0.3 is 14.8 Å². The quantitative estimate of drug-likeness (QED) is 0.574. The third kappa shape index (κ3) is 4.30. The minimum absolute atomic E-state index is 0.171. The second-order valence-corrected chi connectivity index (χ2v) is 6.30. The number of carbonyl (C=O) groups excluding carboxylic acids is 2. The van der Waals surface area contributed by atoms with Crippen molar-refractivity contribution in [3.8, 4) is 11.5 Å². The van der Waals surface area contributed by atoms with Crippen molar-refractivity contribution in [3.05, 3.63) is 77.7 Å². The molecule has 8 nitrogen and oxygen atoms in total. The Morgan fingerprint density at radius 3 is 2.53 bits per heavy atom. The van der Waals surface area contributed by atoms with Gasteiger partial charge in [-0.2, -0.15) is 0 Å². The second kappa shape index (κ2) is 8.48. The molecule has 0 spiro atoms. The van der Waals surface area contributed by atoms with E-state index in [-0.39, 0.29) is 11.4 Å². The van der Waals surface area contributed by atoms with Crippen molar-refractivity contribution in [1.29, 1.82) is 0 Å². The topological polar surface area (TPSA) is 102 Å². The van der Waals surface area contributed by atoms with Gasteiger partial charge in [0, 0.05) is 17.4 Å². The van der Waals surface area contributed by atoms with Gasteiger partial charge in [0.15, 0.2) is 11.5 Å². The van der Waals surface area contributed by atoms with Crippen LogP contribution in [-0.4, -0.2) is 30.0 Å². The maximum atomic E-state index is 13.4. The summed E-state index contributed by atoms with van der Waals surface area (Å²) in [6.45, 7) is 0.850. The highest BCUT2D eigenvalue weighted by atomic mass is 19.1. The minimum Gasteiger partial charge on any atom is -0.486 e. The molecule has 9 heteroatoms. The molecule has 2 aromatic carbocycles. The van der Waals surface area contributed by atoms with Crippen LogP contribution in [0.4, 0.5) is 15.9 Å². The third-order valence-electron chi connectivity index (χ3n) is 4.23. The Morgan fingerprint density at radius 1 is 0.900 bits per heavy atom. The lowest BCUT2D eigenvalue weighted by molar-refractivity contribution is 0.0846. The molecule has 0 saturated carbocycles. The molecule has 0 aliphatic carbocycles. The Labute approximate surface area is 171 Å². The SMILES string of the molecule is O=C(NNC(=O)c1cccnc1Nc1cccc(F)c1)c1ccc2c(c1)OCCO2. The van der Waals surface area contributed by atoms with Crippen molar-refractivity contribution >= 4 is 23.3 Å². The van der Waals surface area contributed by atoms with E-state index in [4.69, 9.17) is 9.47 Å². The number of halogens is 1. The van der Waals surface area contributed by atoms with Crippen LogP contribution in [0, 0.1) is 5.82 Å². The van der Waals surface area contributed by atoms with E-state index in [9.17, 15) is 14.0 Å². The van der Waals surface area contributed by atoms with Gasteiger partial charge in [-0.15, -0.1) is 0 Å². The van der Waals surface area contributed by atoms with Gasteiger partial charge in [-0.1, -0.05) is 6.07 Å². The summed E-state index contributed by atoms with van der Waals surface area (Å²) in [6.07, 6.45) is 1.49. The van der Waals surface area contributed by atoms with E-state index in [2.05, 4.69) is 21.2 Å². The molecule has 0 bridgehead atoms. The van der Waals surface area contributed by atoms with Crippen LogP contribution < -0.4 is 25.6 Å². The van der Waals surface area contributed by atoms with E-state index < -0.39 is 17.6 Å². The first-order valence-corrected chi connectivity index (χ1v) is 9.08. The predicted octanol–water partition coefficient (Wildman–Crippen LogP) is 2.81. The molecular formula is C21H17FN4O4. The van der Waals surface area contributed by atoms with E-state index in [0.29, 0.717) is 36.0 Å². The number of anilines is 2. The fourth-order valence-corrected chi connectivity index (χ4v) is 2.83. The number of fused-ring (bicyclic) bond motifs is 1. The molecule has 0 unspecified atom stereocenters. The van der Waals surface area contributed by atoms with E-state index in [1.165, 1.54) is 36.5 Å². The molecule has 4 rings (SSSR count). The summed E-state index contributed by atoms with van der Waals surface area (Å²) in [5.74, 6) is -0.293. The van der Waals surface area contributed by atoms with E-state index in [1.54, 1.807) is 24.3 Å². The van der Waals surface area contributed by atoms with Crippen molar-refractivity contribution in [2.24, 2.45) is 0 Å². The zero-order valence-electron chi connectivity index (χ0n) is 15.6.